The Morgan fingerprint density at radius 3 is 2.60 bits per heavy atom. The van der Waals surface area contributed by atoms with E-state index in [2.05, 4.69) is 0 Å². The number of hydrogen-bond acceptors (Lipinski definition) is 4. The van der Waals surface area contributed by atoms with Gasteiger partial charge in [0.05, 0.1) is 12.1 Å². The van der Waals surface area contributed by atoms with Gasteiger partial charge < -0.3 is 4.74 Å². The normalized spacial score (nSPS) is 17.4. The van der Waals surface area contributed by atoms with Gasteiger partial charge in [-0.25, -0.2) is 0 Å². The van der Waals surface area contributed by atoms with E-state index in [1.807, 2.05) is 33.0 Å². The first-order chi connectivity index (χ1) is 11.8. The number of ether oxygens (including phenoxy) is 1. The van der Waals surface area contributed by atoms with E-state index in [0.717, 1.165) is 16.5 Å². The Morgan fingerprint density at radius 1 is 1.24 bits per heavy atom. The molecular weight excluding hydrogens is 318 g/mol. The lowest BCUT2D eigenvalue weighted by Gasteiger charge is -2.18. The third-order valence-electron chi connectivity index (χ3n) is 4.60. The van der Waals surface area contributed by atoms with E-state index in [9.17, 15) is 14.4 Å². The Bertz CT molecular complexity index is 870. The lowest BCUT2D eigenvalue weighted by atomic mass is 9.92. The standard InChI is InChI=1S/C20H23NO4/c1-5-25-18(23)17-13-7-6-8-14-16(13)12(9-10-15(17)22)11-21(14)19(24)20(2,3)4/h6-8,11,17H,5,9-10H2,1-4H3. The van der Waals surface area contributed by atoms with E-state index in [1.165, 1.54) is 0 Å². The molecule has 132 valence electrons. The average Bonchev–Trinajstić information content (AvgIpc) is 2.84. The molecule has 0 radical (unpaired) electrons. The van der Waals surface area contributed by atoms with Gasteiger partial charge in [-0.1, -0.05) is 32.9 Å². The molecule has 0 amide bonds. The molecule has 25 heavy (non-hydrogen) atoms. The number of carbonyl (C=O) groups is 3. The van der Waals surface area contributed by atoms with Crippen molar-refractivity contribution in [2.75, 3.05) is 6.61 Å². The summed E-state index contributed by atoms with van der Waals surface area (Å²) in [4.78, 5) is 37.7. The van der Waals surface area contributed by atoms with Crippen LogP contribution in [0.1, 0.15) is 56.0 Å². The van der Waals surface area contributed by atoms with Crippen LogP contribution in [0.4, 0.5) is 0 Å². The molecular formula is C20H23NO4. The number of Topliss-reactive ketones (excluding diaryl/α,β-unsaturated/α-hetero) is 1. The van der Waals surface area contributed by atoms with E-state index in [0.29, 0.717) is 12.0 Å². The van der Waals surface area contributed by atoms with Gasteiger partial charge in [-0.05, 0) is 30.5 Å². The van der Waals surface area contributed by atoms with Crippen molar-refractivity contribution < 1.29 is 19.1 Å². The van der Waals surface area contributed by atoms with E-state index < -0.39 is 17.3 Å². The van der Waals surface area contributed by atoms with Gasteiger partial charge in [-0.15, -0.1) is 0 Å². The van der Waals surface area contributed by atoms with Crippen LogP contribution in [0, 0.1) is 5.41 Å². The summed E-state index contributed by atoms with van der Waals surface area (Å²) < 4.78 is 6.79. The molecule has 2 aromatic rings. The van der Waals surface area contributed by atoms with Crippen molar-refractivity contribution in [2.24, 2.45) is 5.41 Å². The Labute approximate surface area is 147 Å². The van der Waals surface area contributed by atoms with Gasteiger partial charge in [0.25, 0.3) is 0 Å². The third kappa shape index (κ3) is 2.88. The quantitative estimate of drug-likeness (QED) is 0.619. The van der Waals surface area contributed by atoms with Crippen LogP contribution in [0.5, 0.6) is 0 Å². The molecule has 3 rings (SSSR count). The molecule has 1 aliphatic carbocycles. The number of esters is 1. The van der Waals surface area contributed by atoms with Crippen LogP contribution in [-0.4, -0.2) is 28.8 Å². The minimum Gasteiger partial charge on any atom is -0.465 e. The molecule has 1 aromatic carbocycles. The zero-order valence-electron chi connectivity index (χ0n) is 15.1. The number of aromatic nitrogens is 1. The summed E-state index contributed by atoms with van der Waals surface area (Å²) in [5, 5.41) is 0.837. The second-order valence-corrected chi connectivity index (χ2v) is 7.47. The number of carbonyl (C=O) groups excluding carboxylic acids is 3. The summed E-state index contributed by atoms with van der Waals surface area (Å²) in [7, 11) is 0. The predicted molar refractivity (Wildman–Crippen MR) is 94.7 cm³/mol. The highest BCUT2D eigenvalue weighted by Gasteiger charge is 2.35. The number of hydrogen-bond donors (Lipinski definition) is 0. The summed E-state index contributed by atoms with van der Waals surface area (Å²) in [6.07, 6.45) is 2.61. The molecule has 0 saturated carbocycles. The van der Waals surface area contributed by atoms with E-state index in [1.54, 1.807) is 23.6 Å². The highest BCUT2D eigenvalue weighted by molar-refractivity contribution is 6.10. The van der Waals surface area contributed by atoms with Crippen molar-refractivity contribution >= 4 is 28.6 Å². The van der Waals surface area contributed by atoms with Crippen molar-refractivity contribution in [2.45, 2.75) is 46.5 Å². The second kappa shape index (κ2) is 6.14. The van der Waals surface area contributed by atoms with Crippen molar-refractivity contribution in [1.29, 1.82) is 0 Å². The van der Waals surface area contributed by atoms with Crippen LogP contribution in [0.2, 0.25) is 0 Å². The second-order valence-electron chi connectivity index (χ2n) is 7.47. The SMILES string of the molecule is CCOC(=O)C1C(=O)CCc2cn(C(=O)C(C)(C)C)c3cccc1c23. The molecule has 0 aliphatic heterocycles. The molecule has 0 bridgehead atoms. The minimum atomic E-state index is -0.912. The average molecular weight is 341 g/mol. The minimum absolute atomic E-state index is 0.0134. The van der Waals surface area contributed by atoms with Gasteiger partial charge in [0.1, 0.15) is 5.92 Å². The van der Waals surface area contributed by atoms with Crippen molar-refractivity contribution in [1.82, 2.24) is 4.57 Å². The summed E-state index contributed by atoms with van der Waals surface area (Å²) in [5.74, 6) is -1.57. The fourth-order valence-corrected chi connectivity index (χ4v) is 3.42. The van der Waals surface area contributed by atoms with Crippen LogP contribution >= 0.6 is 0 Å². The molecule has 5 heteroatoms. The molecule has 1 aliphatic rings. The maximum absolute atomic E-state index is 12.8. The zero-order valence-corrected chi connectivity index (χ0v) is 15.1. The molecule has 0 N–H and O–H groups in total. The molecule has 1 heterocycles. The van der Waals surface area contributed by atoms with Crippen LogP contribution in [0.15, 0.2) is 24.4 Å². The fourth-order valence-electron chi connectivity index (χ4n) is 3.42. The molecule has 0 spiro atoms. The zero-order chi connectivity index (χ0) is 18.4. The first-order valence-electron chi connectivity index (χ1n) is 8.62. The molecule has 0 saturated heterocycles. The van der Waals surface area contributed by atoms with Crippen molar-refractivity contribution in [3.63, 3.8) is 0 Å². The molecule has 0 fully saturated rings. The summed E-state index contributed by atoms with van der Waals surface area (Å²) in [6, 6.07) is 5.45. The number of nitrogens with zero attached hydrogens (tertiary/aromatic N) is 1. The maximum atomic E-state index is 12.8. The topological polar surface area (TPSA) is 65.4 Å². The van der Waals surface area contributed by atoms with Gasteiger partial charge in [0.15, 0.2) is 5.78 Å². The summed E-state index contributed by atoms with van der Waals surface area (Å²) in [5.41, 5.74) is 1.80. The lowest BCUT2D eigenvalue weighted by Crippen LogP contribution is -2.26. The smallest absolute Gasteiger partial charge is 0.321 e. The molecule has 5 nitrogen and oxygen atoms in total. The van der Waals surface area contributed by atoms with Gasteiger partial charge in [-0.3, -0.25) is 19.0 Å². The summed E-state index contributed by atoms with van der Waals surface area (Å²) >= 11 is 0. The molecule has 1 atom stereocenters. The number of rotatable bonds is 2. The summed E-state index contributed by atoms with van der Waals surface area (Å²) in [6.45, 7) is 7.59. The Kier molecular flexibility index (Phi) is 4.27. The Morgan fingerprint density at radius 2 is 1.96 bits per heavy atom. The van der Waals surface area contributed by atoms with Crippen molar-refractivity contribution in [3.8, 4) is 0 Å². The Balaban J connectivity index is 2.24. The van der Waals surface area contributed by atoms with Crippen LogP contribution in [-0.2, 0) is 20.7 Å². The van der Waals surface area contributed by atoms with Gasteiger partial charge in [-0.2, -0.15) is 0 Å². The number of ketones is 1. The highest BCUT2D eigenvalue weighted by Crippen LogP contribution is 2.36. The van der Waals surface area contributed by atoms with Crippen LogP contribution < -0.4 is 0 Å². The fraction of sp³-hybridized carbons (Fsp3) is 0.450. The molecule has 1 aromatic heterocycles. The Hall–Kier alpha value is -2.43. The number of benzene rings is 1. The maximum Gasteiger partial charge on any atom is 0.321 e. The third-order valence-corrected chi connectivity index (χ3v) is 4.60. The number of aryl methyl sites for hydroxylation is 1. The predicted octanol–water partition coefficient (Wildman–Crippen LogP) is 3.49. The highest BCUT2D eigenvalue weighted by atomic mass is 16.5. The lowest BCUT2D eigenvalue weighted by molar-refractivity contribution is -0.147. The van der Waals surface area contributed by atoms with E-state index in [4.69, 9.17) is 4.74 Å². The van der Waals surface area contributed by atoms with Crippen molar-refractivity contribution in [3.05, 3.63) is 35.5 Å². The van der Waals surface area contributed by atoms with E-state index in [-0.39, 0.29) is 24.7 Å². The monoisotopic (exact) mass is 341 g/mol. The van der Waals surface area contributed by atoms with Gasteiger partial charge in [0, 0.05) is 23.4 Å². The van der Waals surface area contributed by atoms with E-state index >= 15 is 0 Å². The van der Waals surface area contributed by atoms with Crippen LogP contribution in [0.3, 0.4) is 0 Å². The first kappa shape index (κ1) is 17.4. The first-order valence-corrected chi connectivity index (χ1v) is 8.62. The van der Waals surface area contributed by atoms with Gasteiger partial charge in [0.2, 0.25) is 5.91 Å². The largest absolute Gasteiger partial charge is 0.465 e. The van der Waals surface area contributed by atoms with Gasteiger partial charge >= 0.3 is 5.97 Å². The molecule has 1 unspecified atom stereocenters. The van der Waals surface area contributed by atoms with Crippen LogP contribution in [0.25, 0.3) is 10.9 Å².